The first-order chi connectivity index (χ1) is 8.78. The molecule has 1 unspecified atom stereocenters. The molecule has 1 fully saturated rings. The topological polar surface area (TPSA) is 66.8 Å². The maximum Gasteiger partial charge on any atom is 0.422 e. The SMILES string of the molecule is O=C(O)CCC1CCCN(C(=O)OCC(F)(F)F)C1. The number of ether oxygens (including phenoxy) is 1. The Labute approximate surface area is 108 Å². The maximum atomic E-state index is 11.9. The molecule has 5 nitrogen and oxygen atoms in total. The average molecular weight is 283 g/mol. The van der Waals surface area contributed by atoms with Crippen LogP contribution in [0.15, 0.2) is 0 Å². The number of carboxylic acids is 1. The van der Waals surface area contributed by atoms with E-state index >= 15 is 0 Å². The number of carboxylic acid groups (broad SMARTS) is 1. The van der Waals surface area contributed by atoms with E-state index in [1.54, 1.807) is 0 Å². The van der Waals surface area contributed by atoms with E-state index in [-0.39, 0.29) is 18.9 Å². The quantitative estimate of drug-likeness (QED) is 0.859. The van der Waals surface area contributed by atoms with Gasteiger partial charge >= 0.3 is 18.2 Å². The predicted molar refractivity (Wildman–Crippen MR) is 58.6 cm³/mol. The average Bonchev–Trinajstić information content (AvgIpc) is 2.33. The molecule has 0 aromatic carbocycles. The van der Waals surface area contributed by atoms with Crippen molar-refractivity contribution in [3.05, 3.63) is 0 Å². The summed E-state index contributed by atoms with van der Waals surface area (Å²) in [7, 11) is 0. The largest absolute Gasteiger partial charge is 0.481 e. The van der Waals surface area contributed by atoms with Gasteiger partial charge in [-0.1, -0.05) is 0 Å². The summed E-state index contributed by atoms with van der Waals surface area (Å²) in [5.41, 5.74) is 0. The molecule has 1 saturated heterocycles. The summed E-state index contributed by atoms with van der Waals surface area (Å²) < 4.78 is 39.9. The van der Waals surface area contributed by atoms with Crippen LogP contribution in [-0.2, 0) is 9.53 Å². The number of alkyl halides is 3. The summed E-state index contributed by atoms with van der Waals surface area (Å²) in [5, 5.41) is 8.56. The van der Waals surface area contributed by atoms with Crippen LogP contribution in [0.1, 0.15) is 25.7 Å². The lowest BCUT2D eigenvalue weighted by Crippen LogP contribution is -2.41. The van der Waals surface area contributed by atoms with Gasteiger partial charge in [0.25, 0.3) is 0 Å². The van der Waals surface area contributed by atoms with Gasteiger partial charge in [-0.3, -0.25) is 4.79 Å². The lowest BCUT2D eigenvalue weighted by atomic mass is 9.94. The molecule has 1 heterocycles. The minimum atomic E-state index is -4.53. The third-order valence-corrected chi connectivity index (χ3v) is 2.90. The van der Waals surface area contributed by atoms with Crippen LogP contribution in [0.5, 0.6) is 0 Å². The molecular weight excluding hydrogens is 267 g/mol. The highest BCUT2D eigenvalue weighted by Crippen LogP contribution is 2.22. The summed E-state index contributed by atoms with van der Waals surface area (Å²) in [4.78, 5) is 23.1. The third-order valence-electron chi connectivity index (χ3n) is 2.90. The molecule has 1 amide bonds. The number of carbonyl (C=O) groups excluding carboxylic acids is 1. The van der Waals surface area contributed by atoms with Crippen LogP contribution in [0.4, 0.5) is 18.0 Å². The Hall–Kier alpha value is -1.47. The van der Waals surface area contributed by atoms with E-state index in [0.717, 1.165) is 6.42 Å². The molecule has 1 atom stereocenters. The standard InChI is InChI=1S/C11H16F3NO4/c12-11(13,14)7-19-10(18)15-5-1-2-8(6-15)3-4-9(16)17/h8H,1-7H2,(H,16,17). The van der Waals surface area contributed by atoms with Gasteiger partial charge in [-0.05, 0) is 25.2 Å². The lowest BCUT2D eigenvalue weighted by molar-refractivity contribution is -0.162. The van der Waals surface area contributed by atoms with Crippen molar-refractivity contribution in [2.45, 2.75) is 31.9 Å². The van der Waals surface area contributed by atoms with Gasteiger partial charge in [-0.15, -0.1) is 0 Å². The molecule has 1 aliphatic rings. The molecule has 0 aromatic rings. The summed E-state index contributed by atoms with van der Waals surface area (Å²) >= 11 is 0. The smallest absolute Gasteiger partial charge is 0.422 e. The van der Waals surface area contributed by atoms with Gasteiger partial charge in [0.05, 0.1) is 0 Å². The number of aliphatic carboxylic acids is 1. The molecule has 0 bridgehead atoms. The third kappa shape index (κ3) is 6.30. The summed E-state index contributed by atoms with van der Waals surface area (Å²) in [6, 6.07) is 0. The number of carbonyl (C=O) groups is 2. The van der Waals surface area contributed by atoms with E-state index in [4.69, 9.17) is 5.11 Å². The second-order valence-electron chi connectivity index (χ2n) is 4.56. The normalized spacial score (nSPS) is 20.2. The number of likely N-dealkylation sites (tertiary alicyclic amines) is 1. The van der Waals surface area contributed by atoms with E-state index < -0.39 is 24.8 Å². The van der Waals surface area contributed by atoms with E-state index in [2.05, 4.69) is 4.74 Å². The molecule has 0 saturated carbocycles. The number of hydrogen-bond acceptors (Lipinski definition) is 3. The molecule has 110 valence electrons. The molecule has 1 rings (SSSR count). The van der Waals surface area contributed by atoms with Crippen LogP contribution >= 0.6 is 0 Å². The van der Waals surface area contributed by atoms with Crippen molar-refractivity contribution in [2.75, 3.05) is 19.7 Å². The van der Waals surface area contributed by atoms with Gasteiger partial charge in [0, 0.05) is 19.5 Å². The molecule has 0 spiro atoms. The Morgan fingerprint density at radius 1 is 1.37 bits per heavy atom. The fraction of sp³-hybridized carbons (Fsp3) is 0.818. The van der Waals surface area contributed by atoms with E-state index in [9.17, 15) is 22.8 Å². The lowest BCUT2D eigenvalue weighted by Gasteiger charge is -2.31. The Bertz CT molecular complexity index is 332. The van der Waals surface area contributed by atoms with Crippen LogP contribution in [0.25, 0.3) is 0 Å². The molecule has 19 heavy (non-hydrogen) atoms. The monoisotopic (exact) mass is 283 g/mol. The minimum Gasteiger partial charge on any atom is -0.481 e. The molecular formula is C11H16F3NO4. The highest BCUT2D eigenvalue weighted by Gasteiger charge is 2.32. The summed E-state index contributed by atoms with van der Waals surface area (Å²) in [6.07, 6.45) is -3.69. The fourth-order valence-corrected chi connectivity index (χ4v) is 2.03. The van der Waals surface area contributed by atoms with Crippen molar-refractivity contribution in [2.24, 2.45) is 5.92 Å². The van der Waals surface area contributed by atoms with Crippen LogP contribution < -0.4 is 0 Å². The van der Waals surface area contributed by atoms with Crippen LogP contribution in [0.2, 0.25) is 0 Å². The minimum absolute atomic E-state index is 0.00304. The maximum absolute atomic E-state index is 11.9. The second kappa shape index (κ2) is 6.63. The first-order valence-electron chi connectivity index (χ1n) is 5.98. The number of hydrogen-bond donors (Lipinski definition) is 1. The zero-order valence-electron chi connectivity index (χ0n) is 10.3. The van der Waals surface area contributed by atoms with E-state index in [0.29, 0.717) is 19.4 Å². The van der Waals surface area contributed by atoms with Gasteiger partial charge in [-0.25, -0.2) is 4.79 Å². The molecule has 0 radical (unpaired) electrons. The van der Waals surface area contributed by atoms with Crippen molar-refractivity contribution >= 4 is 12.1 Å². The summed E-state index contributed by atoms with van der Waals surface area (Å²) in [5.74, 6) is -0.917. The Morgan fingerprint density at radius 2 is 2.05 bits per heavy atom. The Morgan fingerprint density at radius 3 is 2.63 bits per heavy atom. The fourth-order valence-electron chi connectivity index (χ4n) is 2.03. The van der Waals surface area contributed by atoms with Crippen molar-refractivity contribution < 1.29 is 32.6 Å². The Kier molecular flexibility index (Phi) is 5.44. The number of piperidine rings is 1. The van der Waals surface area contributed by atoms with Gasteiger partial charge in [0.1, 0.15) is 0 Å². The number of nitrogens with zero attached hydrogens (tertiary/aromatic N) is 1. The van der Waals surface area contributed by atoms with Crippen LogP contribution in [-0.4, -0.2) is 47.9 Å². The van der Waals surface area contributed by atoms with Crippen molar-refractivity contribution in [1.29, 1.82) is 0 Å². The second-order valence-corrected chi connectivity index (χ2v) is 4.56. The number of halogens is 3. The predicted octanol–water partition coefficient (Wildman–Crippen LogP) is 2.26. The van der Waals surface area contributed by atoms with Crippen molar-refractivity contribution in [1.82, 2.24) is 4.90 Å². The molecule has 8 heteroatoms. The van der Waals surface area contributed by atoms with E-state index in [1.807, 2.05) is 0 Å². The van der Waals surface area contributed by atoms with Crippen LogP contribution in [0, 0.1) is 5.92 Å². The molecule has 1 N–H and O–H groups in total. The van der Waals surface area contributed by atoms with Crippen LogP contribution in [0.3, 0.4) is 0 Å². The zero-order chi connectivity index (χ0) is 14.5. The number of rotatable bonds is 4. The zero-order valence-corrected chi connectivity index (χ0v) is 10.3. The number of amides is 1. The Balaban J connectivity index is 2.37. The van der Waals surface area contributed by atoms with Gasteiger partial charge < -0.3 is 14.7 Å². The molecule has 0 aliphatic carbocycles. The van der Waals surface area contributed by atoms with Gasteiger partial charge in [0.15, 0.2) is 6.61 Å². The summed E-state index contributed by atoms with van der Waals surface area (Å²) in [6.45, 7) is -0.994. The first-order valence-corrected chi connectivity index (χ1v) is 5.98. The highest BCUT2D eigenvalue weighted by atomic mass is 19.4. The van der Waals surface area contributed by atoms with Gasteiger partial charge in [-0.2, -0.15) is 13.2 Å². The first kappa shape index (κ1) is 15.6. The molecule has 0 aromatic heterocycles. The van der Waals surface area contributed by atoms with Crippen molar-refractivity contribution in [3.63, 3.8) is 0 Å². The van der Waals surface area contributed by atoms with Crippen molar-refractivity contribution in [3.8, 4) is 0 Å². The van der Waals surface area contributed by atoms with E-state index in [1.165, 1.54) is 4.90 Å². The highest BCUT2D eigenvalue weighted by molar-refractivity contribution is 5.68. The van der Waals surface area contributed by atoms with Gasteiger partial charge in [0.2, 0.25) is 0 Å². The molecule has 1 aliphatic heterocycles.